The summed E-state index contributed by atoms with van der Waals surface area (Å²) in [6, 6.07) is 13.8. The van der Waals surface area contributed by atoms with Crippen molar-refractivity contribution in [3.8, 4) is 11.1 Å². The molecule has 2 aliphatic rings. The van der Waals surface area contributed by atoms with E-state index in [0.717, 1.165) is 36.9 Å². The lowest BCUT2D eigenvalue weighted by atomic mass is 10.0. The van der Waals surface area contributed by atoms with Crippen LogP contribution in [0.5, 0.6) is 0 Å². The predicted octanol–water partition coefficient (Wildman–Crippen LogP) is 4.11. The molecule has 2 aliphatic heterocycles. The van der Waals surface area contributed by atoms with Gasteiger partial charge in [0.1, 0.15) is 5.82 Å². The lowest BCUT2D eigenvalue weighted by Crippen LogP contribution is -2.51. The van der Waals surface area contributed by atoms with Gasteiger partial charge in [-0.15, -0.1) is 0 Å². The van der Waals surface area contributed by atoms with Crippen molar-refractivity contribution in [1.82, 2.24) is 9.80 Å². The lowest BCUT2D eigenvalue weighted by molar-refractivity contribution is -0.130. The Morgan fingerprint density at radius 3 is 2.57 bits per heavy atom. The molecule has 2 saturated heterocycles. The highest BCUT2D eigenvalue weighted by atomic mass is 19.1. The first-order chi connectivity index (χ1) is 13.6. The third-order valence-electron chi connectivity index (χ3n) is 5.53. The van der Waals surface area contributed by atoms with Gasteiger partial charge < -0.3 is 15.1 Å². The van der Waals surface area contributed by atoms with Gasteiger partial charge in [-0.05, 0) is 54.7 Å². The lowest BCUT2D eigenvalue weighted by Gasteiger charge is -2.37. The van der Waals surface area contributed by atoms with Crippen LogP contribution in [0.4, 0.5) is 14.9 Å². The molecule has 0 aromatic heterocycles. The molecule has 146 valence electrons. The van der Waals surface area contributed by atoms with Crippen LogP contribution in [-0.2, 0) is 4.79 Å². The second-order valence-corrected chi connectivity index (χ2v) is 7.45. The van der Waals surface area contributed by atoms with Crippen molar-refractivity contribution in [1.29, 1.82) is 0 Å². The van der Waals surface area contributed by atoms with Crippen LogP contribution in [0.3, 0.4) is 0 Å². The number of hydrogen-bond acceptors (Lipinski definition) is 2. The van der Waals surface area contributed by atoms with Crippen molar-refractivity contribution < 1.29 is 14.0 Å². The van der Waals surface area contributed by atoms with E-state index < -0.39 is 0 Å². The van der Waals surface area contributed by atoms with E-state index in [9.17, 15) is 14.0 Å². The molecule has 5 nitrogen and oxygen atoms in total. The maximum absolute atomic E-state index is 13.4. The number of piperidine rings is 1. The van der Waals surface area contributed by atoms with E-state index in [1.807, 2.05) is 35.2 Å². The van der Waals surface area contributed by atoms with Crippen molar-refractivity contribution in [2.75, 3.05) is 25.0 Å². The molecule has 0 unspecified atom stereocenters. The summed E-state index contributed by atoms with van der Waals surface area (Å²) >= 11 is 0. The fraction of sp³-hybridized carbons (Fsp3) is 0.364. The summed E-state index contributed by atoms with van der Waals surface area (Å²) in [7, 11) is 0. The van der Waals surface area contributed by atoms with Crippen LogP contribution < -0.4 is 5.32 Å². The maximum Gasteiger partial charge on any atom is 0.321 e. The number of halogens is 1. The SMILES string of the molecule is O=C(Nc1ccc(-c2cccc(F)c2)cc1)N1CCC[C@H](N2CCCC2=O)C1. The van der Waals surface area contributed by atoms with Crippen molar-refractivity contribution in [3.05, 3.63) is 54.3 Å². The Kier molecular flexibility index (Phi) is 5.28. The van der Waals surface area contributed by atoms with Gasteiger partial charge in [0.2, 0.25) is 5.91 Å². The van der Waals surface area contributed by atoms with Gasteiger partial charge in [0.05, 0.1) is 0 Å². The Hall–Kier alpha value is -2.89. The molecule has 0 aliphatic carbocycles. The van der Waals surface area contributed by atoms with Gasteiger partial charge in [0, 0.05) is 37.8 Å². The first kappa shape index (κ1) is 18.5. The second-order valence-electron chi connectivity index (χ2n) is 7.45. The van der Waals surface area contributed by atoms with Gasteiger partial charge in [-0.1, -0.05) is 24.3 Å². The quantitative estimate of drug-likeness (QED) is 0.870. The van der Waals surface area contributed by atoms with Crippen LogP contribution >= 0.6 is 0 Å². The largest absolute Gasteiger partial charge is 0.338 e. The number of carbonyl (C=O) groups excluding carboxylic acids is 2. The van der Waals surface area contributed by atoms with E-state index in [1.165, 1.54) is 12.1 Å². The molecule has 2 aromatic rings. The van der Waals surface area contributed by atoms with Crippen molar-refractivity contribution in [3.63, 3.8) is 0 Å². The minimum atomic E-state index is -0.272. The molecule has 0 spiro atoms. The van der Waals surface area contributed by atoms with E-state index >= 15 is 0 Å². The number of anilines is 1. The average Bonchev–Trinajstić information content (AvgIpc) is 3.14. The summed E-state index contributed by atoms with van der Waals surface area (Å²) < 4.78 is 13.4. The fourth-order valence-electron chi connectivity index (χ4n) is 4.07. The Morgan fingerprint density at radius 1 is 1.04 bits per heavy atom. The third kappa shape index (κ3) is 4.01. The van der Waals surface area contributed by atoms with Crippen LogP contribution in [0.1, 0.15) is 25.7 Å². The number of likely N-dealkylation sites (tertiary alicyclic amines) is 2. The van der Waals surface area contributed by atoms with E-state index in [0.29, 0.717) is 25.2 Å². The number of urea groups is 1. The normalized spacial score (nSPS) is 19.8. The zero-order valence-electron chi connectivity index (χ0n) is 15.7. The van der Waals surface area contributed by atoms with Crippen LogP contribution in [0, 0.1) is 5.82 Å². The first-order valence-electron chi connectivity index (χ1n) is 9.81. The smallest absolute Gasteiger partial charge is 0.321 e. The number of carbonyl (C=O) groups is 2. The highest BCUT2D eigenvalue weighted by molar-refractivity contribution is 5.90. The number of rotatable bonds is 3. The average molecular weight is 381 g/mol. The summed E-state index contributed by atoms with van der Waals surface area (Å²) in [5.74, 6) is -0.0637. The maximum atomic E-state index is 13.4. The molecule has 1 atom stereocenters. The first-order valence-corrected chi connectivity index (χ1v) is 9.81. The van der Waals surface area contributed by atoms with E-state index in [2.05, 4.69) is 5.32 Å². The second kappa shape index (κ2) is 8.00. The molecule has 2 heterocycles. The molecule has 1 N–H and O–H groups in total. The standard InChI is InChI=1S/C22H24FN3O2/c23-18-5-1-4-17(14-18)16-8-10-19(11-9-16)24-22(28)25-12-2-6-20(15-25)26-13-3-7-21(26)27/h1,4-5,8-11,14,20H,2-3,6-7,12-13,15H2,(H,24,28)/t20-/m0/s1. The Labute approximate surface area is 164 Å². The molecule has 0 saturated carbocycles. The Balaban J connectivity index is 1.38. The molecular formula is C22H24FN3O2. The van der Waals surface area contributed by atoms with Gasteiger partial charge in [-0.3, -0.25) is 4.79 Å². The zero-order chi connectivity index (χ0) is 19.5. The monoisotopic (exact) mass is 381 g/mol. The third-order valence-corrected chi connectivity index (χ3v) is 5.53. The highest BCUT2D eigenvalue weighted by Gasteiger charge is 2.32. The molecule has 0 bridgehead atoms. The van der Waals surface area contributed by atoms with Crippen LogP contribution in [0.25, 0.3) is 11.1 Å². The predicted molar refractivity (Wildman–Crippen MR) is 106 cm³/mol. The van der Waals surface area contributed by atoms with Gasteiger partial charge in [-0.25, -0.2) is 9.18 Å². The van der Waals surface area contributed by atoms with E-state index in [1.54, 1.807) is 11.0 Å². The zero-order valence-corrected chi connectivity index (χ0v) is 15.7. The Morgan fingerprint density at radius 2 is 1.86 bits per heavy atom. The summed E-state index contributed by atoms with van der Waals surface area (Å²) in [6.07, 6.45) is 3.40. The van der Waals surface area contributed by atoms with Crippen LogP contribution in [-0.4, -0.2) is 47.4 Å². The number of nitrogens with zero attached hydrogens (tertiary/aromatic N) is 2. The van der Waals surface area contributed by atoms with Crippen molar-refractivity contribution in [2.24, 2.45) is 0 Å². The van der Waals surface area contributed by atoms with Crippen LogP contribution in [0.15, 0.2) is 48.5 Å². The molecule has 3 amide bonds. The van der Waals surface area contributed by atoms with Gasteiger partial charge in [-0.2, -0.15) is 0 Å². The van der Waals surface area contributed by atoms with E-state index in [-0.39, 0.29) is 23.8 Å². The molecule has 4 rings (SSSR count). The number of hydrogen-bond donors (Lipinski definition) is 1. The van der Waals surface area contributed by atoms with Gasteiger partial charge >= 0.3 is 6.03 Å². The number of benzene rings is 2. The number of nitrogens with one attached hydrogen (secondary N) is 1. The topological polar surface area (TPSA) is 52.7 Å². The Bertz CT molecular complexity index is 868. The summed E-state index contributed by atoms with van der Waals surface area (Å²) in [4.78, 5) is 28.4. The summed E-state index contributed by atoms with van der Waals surface area (Å²) in [5.41, 5.74) is 2.39. The summed E-state index contributed by atoms with van der Waals surface area (Å²) in [6.45, 7) is 2.09. The minimum Gasteiger partial charge on any atom is -0.338 e. The molecule has 6 heteroatoms. The van der Waals surface area contributed by atoms with E-state index in [4.69, 9.17) is 0 Å². The molecular weight excluding hydrogens is 357 g/mol. The fourth-order valence-corrected chi connectivity index (χ4v) is 4.07. The molecule has 2 fully saturated rings. The van der Waals surface area contributed by atoms with Crippen molar-refractivity contribution in [2.45, 2.75) is 31.7 Å². The molecule has 0 radical (unpaired) electrons. The van der Waals surface area contributed by atoms with Gasteiger partial charge in [0.25, 0.3) is 0 Å². The van der Waals surface area contributed by atoms with Gasteiger partial charge in [0.15, 0.2) is 0 Å². The highest BCUT2D eigenvalue weighted by Crippen LogP contribution is 2.24. The number of amides is 3. The van der Waals surface area contributed by atoms with Crippen molar-refractivity contribution >= 4 is 17.6 Å². The van der Waals surface area contributed by atoms with Crippen LogP contribution in [0.2, 0.25) is 0 Å². The summed E-state index contributed by atoms with van der Waals surface area (Å²) in [5, 5.41) is 2.93. The molecule has 28 heavy (non-hydrogen) atoms. The minimum absolute atomic E-state index is 0.129. The molecule has 2 aromatic carbocycles.